The highest BCUT2D eigenvalue weighted by Gasteiger charge is 2.24. The number of rotatable bonds is 5. The number of amides is 1. The molecule has 1 amide bonds. The lowest BCUT2D eigenvalue weighted by Gasteiger charge is -2.34. The molecule has 0 aromatic heterocycles. The van der Waals surface area contributed by atoms with E-state index in [9.17, 15) is 9.18 Å². The van der Waals surface area contributed by atoms with Gasteiger partial charge in [0.1, 0.15) is 5.82 Å². The highest BCUT2D eigenvalue weighted by atomic mass is 35.5. The normalized spacial score (nSPS) is 16.6. The van der Waals surface area contributed by atoms with Gasteiger partial charge in [-0.2, -0.15) is 0 Å². The summed E-state index contributed by atoms with van der Waals surface area (Å²) in [6, 6.07) is 4.83. The van der Waals surface area contributed by atoms with Gasteiger partial charge < -0.3 is 11.1 Å². The Kier molecular flexibility index (Phi) is 5.34. The van der Waals surface area contributed by atoms with Crippen LogP contribution >= 0.6 is 11.6 Å². The molecule has 1 aromatic carbocycles. The van der Waals surface area contributed by atoms with Gasteiger partial charge in [0.25, 0.3) is 0 Å². The molecule has 6 heteroatoms. The summed E-state index contributed by atoms with van der Waals surface area (Å²) < 4.78 is 13.9. The highest BCUT2D eigenvalue weighted by molar-refractivity contribution is 6.31. The largest absolute Gasteiger partial charge is 0.369 e. The Morgan fingerprint density at radius 3 is 2.75 bits per heavy atom. The van der Waals surface area contributed by atoms with Crippen molar-refractivity contribution >= 4 is 17.5 Å². The number of nitrogens with zero attached hydrogens (tertiary/aromatic N) is 1. The van der Waals surface area contributed by atoms with Crippen LogP contribution in [0.5, 0.6) is 0 Å². The molecule has 0 aliphatic carbocycles. The van der Waals surface area contributed by atoms with Crippen molar-refractivity contribution in [1.82, 2.24) is 10.2 Å². The van der Waals surface area contributed by atoms with E-state index in [0.29, 0.717) is 17.1 Å². The van der Waals surface area contributed by atoms with Gasteiger partial charge in [0, 0.05) is 23.2 Å². The van der Waals surface area contributed by atoms with E-state index in [1.54, 1.807) is 12.1 Å². The number of carbonyl (C=O) groups is 1. The fraction of sp³-hybridized carbons (Fsp3) is 0.500. The molecule has 1 fully saturated rings. The summed E-state index contributed by atoms with van der Waals surface area (Å²) in [5.41, 5.74) is 5.73. The number of hydrogen-bond acceptors (Lipinski definition) is 3. The lowest BCUT2D eigenvalue weighted by molar-refractivity contribution is -0.120. The van der Waals surface area contributed by atoms with Crippen molar-refractivity contribution in [3.8, 4) is 0 Å². The molecule has 0 bridgehead atoms. The van der Waals surface area contributed by atoms with Crippen LogP contribution in [0.4, 0.5) is 4.39 Å². The fourth-order valence-corrected chi connectivity index (χ4v) is 2.80. The van der Waals surface area contributed by atoms with E-state index in [4.69, 9.17) is 17.3 Å². The zero-order valence-electron chi connectivity index (χ0n) is 11.2. The smallest absolute Gasteiger partial charge is 0.231 e. The van der Waals surface area contributed by atoms with E-state index < -0.39 is 5.91 Å². The summed E-state index contributed by atoms with van der Waals surface area (Å²) in [4.78, 5) is 13.2. The molecule has 1 aliphatic heterocycles. The fourth-order valence-electron chi connectivity index (χ4n) is 2.57. The van der Waals surface area contributed by atoms with Crippen LogP contribution in [0, 0.1) is 5.82 Å². The number of hydrogen-bond donors (Lipinski definition) is 2. The first-order chi connectivity index (χ1) is 9.58. The Balaban J connectivity index is 2.16. The average molecular weight is 300 g/mol. The minimum absolute atomic E-state index is 0.120. The first kappa shape index (κ1) is 15.2. The zero-order valence-corrected chi connectivity index (χ0v) is 12.0. The van der Waals surface area contributed by atoms with Crippen LogP contribution in [0.1, 0.15) is 18.4 Å². The standard InChI is InChI=1S/C14H19ClFN3O/c15-12-2-1-3-13(16)11(12)8-19(9-14(17)20)10-4-6-18-7-5-10/h1-3,10,18H,4-9H2,(H2,17,20). The summed E-state index contributed by atoms with van der Waals surface area (Å²) in [7, 11) is 0. The Bertz CT molecular complexity index is 457. The van der Waals surface area contributed by atoms with Crippen molar-refractivity contribution < 1.29 is 9.18 Å². The summed E-state index contributed by atoms with van der Waals surface area (Å²) in [5.74, 6) is -0.753. The predicted molar refractivity (Wildman–Crippen MR) is 76.9 cm³/mol. The third-order valence-corrected chi connectivity index (χ3v) is 3.96. The van der Waals surface area contributed by atoms with E-state index in [2.05, 4.69) is 5.32 Å². The second kappa shape index (κ2) is 7.02. The first-order valence-electron chi connectivity index (χ1n) is 6.74. The van der Waals surface area contributed by atoms with Gasteiger partial charge in [-0.1, -0.05) is 17.7 Å². The average Bonchev–Trinajstić information content (AvgIpc) is 2.42. The SMILES string of the molecule is NC(=O)CN(Cc1c(F)cccc1Cl)C1CCNCC1. The lowest BCUT2D eigenvalue weighted by atomic mass is 10.0. The molecular weight excluding hydrogens is 281 g/mol. The molecule has 0 atom stereocenters. The summed E-state index contributed by atoms with van der Waals surface area (Å²) >= 11 is 6.05. The quantitative estimate of drug-likeness (QED) is 0.867. The third kappa shape index (κ3) is 3.91. The molecule has 1 saturated heterocycles. The van der Waals surface area contributed by atoms with E-state index in [1.807, 2.05) is 4.90 Å². The van der Waals surface area contributed by atoms with Gasteiger partial charge in [-0.15, -0.1) is 0 Å². The molecule has 0 unspecified atom stereocenters. The minimum atomic E-state index is -0.406. The number of benzene rings is 1. The first-order valence-corrected chi connectivity index (χ1v) is 7.11. The van der Waals surface area contributed by atoms with E-state index in [1.165, 1.54) is 6.07 Å². The maximum atomic E-state index is 13.9. The molecule has 1 aromatic rings. The van der Waals surface area contributed by atoms with Crippen LogP contribution in [0.2, 0.25) is 5.02 Å². The molecule has 0 radical (unpaired) electrons. The zero-order chi connectivity index (χ0) is 14.5. The molecular formula is C14H19ClFN3O. The summed E-state index contributed by atoms with van der Waals surface area (Å²) in [6.45, 7) is 2.21. The van der Waals surface area contributed by atoms with Crippen LogP contribution in [-0.4, -0.2) is 36.5 Å². The lowest BCUT2D eigenvalue weighted by Crippen LogP contribution is -2.46. The maximum absolute atomic E-state index is 13.9. The Labute approximate surface area is 123 Å². The molecule has 1 heterocycles. The second-order valence-electron chi connectivity index (χ2n) is 5.05. The third-order valence-electron chi connectivity index (χ3n) is 3.61. The maximum Gasteiger partial charge on any atom is 0.231 e. The van der Waals surface area contributed by atoms with Gasteiger partial charge in [-0.25, -0.2) is 4.39 Å². The number of piperidine rings is 1. The predicted octanol–water partition coefficient (Wildman–Crippen LogP) is 1.52. The topological polar surface area (TPSA) is 58.4 Å². The molecule has 1 aliphatic rings. The van der Waals surface area contributed by atoms with Crippen LogP contribution in [0.3, 0.4) is 0 Å². The number of nitrogens with one attached hydrogen (secondary N) is 1. The Morgan fingerprint density at radius 1 is 1.45 bits per heavy atom. The summed E-state index contributed by atoms with van der Waals surface area (Å²) in [5, 5.41) is 3.65. The van der Waals surface area contributed by atoms with Gasteiger partial charge >= 0.3 is 0 Å². The Morgan fingerprint density at radius 2 is 2.15 bits per heavy atom. The molecule has 2 rings (SSSR count). The van der Waals surface area contributed by atoms with Crippen molar-refractivity contribution in [2.45, 2.75) is 25.4 Å². The second-order valence-corrected chi connectivity index (χ2v) is 5.46. The monoisotopic (exact) mass is 299 g/mol. The highest BCUT2D eigenvalue weighted by Crippen LogP contribution is 2.23. The molecule has 20 heavy (non-hydrogen) atoms. The van der Waals surface area contributed by atoms with Gasteiger partial charge in [0.15, 0.2) is 0 Å². The summed E-state index contributed by atoms with van der Waals surface area (Å²) in [6.07, 6.45) is 1.83. The number of halogens is 2. The molecule has 110 valence electrons. The van der Waals surface area contributed by atoms with Crippen LogP contribution in [-0.2, 0) is 11.3 Å². The number of primary amides is 1. The van der Waals surface area contributed by atoms with E-state index >= 15 is 0 Å². The van der Waals surface area contributed by atoms with Crippen LogP contribution in [0.15, 0.2) is 18.2 Å². The molecule has 4 nitrogen and oxygen atoms in total. The molecule has 0 saturated carbocycles. The van der Waals surface area contributed by atoms with Crippen molar-refractivity contribution in [3.05, 3.63) is 34.6 Å². The molecule has 3 N–H and O–H groups in total. The Hall–Kier alpha value is -1.17. The van der Waals surface area contributed by atoms with Crippen LogP contribution in [0.25, 0.3) is 0 Å². The minimum Gasteiger partial charge on any atom is -0.369 e. The van der Waals surface area contributed by atoms with Crippen molar-refractivity contribution in [3.63, 3.8) is 0 Å². The number of carbonyl (C=O) groups excluding carboxylic acids is 1. The van der Waals surface area contributed by atoms with Crippen molar-refractivity contribution in [2.24, 2.45) is 5.73 Å². The molecule has 0 spiro atoms. The van der Waals surface area contributed by atoms with E-state index in [-0.39, 0.29) is 18.4 Å². The van der Waals surface area contributed by atoms with Gasteiger partial charge in [0.05, 0.1) is 6.54 Å². The number of nitrogens with two attached hydrogens (primary N) is 1. The van der Waals surface area contributed by atoms with Gasteiger partial charge in [-0.05, 0) is 38.1 Å². The van der Waals surface area contributed by atoms with E-state index in [0.717, 1.165) is 25.9 Å². The van der Waals surface area contributed by atoms with Crippen molar-refractivity contribution in [2.75, 3.05) is 19.6 Å². The van der Waals surface area contributed by atoms with Crippen molar-refractivity contribution in [1.29, 1.82) is 0 Å². The van der Waals surface area contributed by atoms with Gasteiger partial charge in [0.2, 0.25) is 5.91 Å². The van der Waals surface area contributed by atoms with Gasteiger partial charge in [-0.3, -0.25) is 9.69 Å². The van der Waals surface area contributed by atoms with Crippen LogP contribution < -0.4 is 11.1 Å².